The smallest absolute Gasteiger partial charge is 0.245 e. The van der Waals surface area contributed by atoms with Gasteiger partial charge in [0.25, 0.3) is 0 Å². The van der Waals surface area contributed by atoms with Gasteiger partial charge in [-0.15, -0.1) is 0 Å². The summed E-state index contributed by atoms with van der Waals surface area (Å²) in [5.41, 5.74) is 23.1. The summed E-state index contributed by atoms with van der Waals surface area (Å²) in [5, 5.41) is 3.57. The van der Waals surface area contributed by atoms with E-state index >= 15 is 0 Å². The number of aromatic nitrogens is 1. The number of nitrogens with zero attached hydrogens (tertiary/aromatic N) is 2. The number of primary amides is 1. The largest absolute Gasteiger partial charge is 0.368 e. The molecule has 1 aliphatic carbocycles. The second-order valence-corrected chi connectivity index (χ2v) is 9.27. The Morgan fingerprint density at radius 2 is 1.74 bits per heavy atom. The summed E-state index contributed by atoms with van der Waals surface area (Å²) in [6, 6.07) is 8.31. The van der Waals surface area contributed by atoms with Gasteiger partial charge in [0.05, 0.1) is 11.9 Å². The van der Waals surface area contributed by atoms with Gasteiger partial charge < -0.3 is 33.2 Å². The van der Waals surface area contributed by atoms with Crippen LogP contribution in [0.5, 0.6) is 0 Å². The van der Waals surface area contributed by atoms with E-state index in [9.17, 15) is 14.4 Å². The summed E-state index contributed by atoms with van der Waals surface area (Å²) in [6.45, 7) is 1.07. The molecule has 0 radical (unpaired) electrons. The van der Waals surface area contributed by atoms with Crippen molar-refractivity contribution in [3.8, 4) is 0 Å². The predicted molar refractivity (Wildman–Crippen MR) is 135 cm³/mol. The van der Waals surface area contributed by atoms with Crippen LogP contribution >= 0.6 is 0 Å². The molecule has 190 valence electrons. The third kappa shape index (κ3) is 6.33. The Kier molecular flexibility index (Phi) is 9.13. The number of nitrogens with one attached hydrogen (secondary N) is 1. The van der Waals surface area contributed by atoms with Crippen LogP contribution in [0.1, 0.15) is 44.1 Å². The molecule has 0 saturated heterocycles. The Bertz CT molecular complexity index is 1030. The fourth-order valence-electron chi connectivity index (χ4n) is 4.81. The number of hydrogen-bond acceptors (Lipinski definition) is 7. The molecular formula is C25H37N7O3. The first kappa shape index (κ1) is 26.5. The van der Waals surface area contributed by atoms with Crippen LogP contribution in [0.4, 0.5) is 0 Å². The maximum atomic E-state index is 13.7. The molecule has 9 N–H and O–H groups in total. The molecule has 2 aromatic rings. The molecule has 10 nitrogen and oxygen atoms in total. The van der Waals surface area contributed by atoms with E-state index < -0.39 is 23.4 Å². The van der Waals surface area contributed by atoms with Crippen molar-refractivity contribution in [2.45, 2.75) is 50.1 Å². The molecule has 10 heteroatoms. The van der Waals surface area contributed by atoms with Crippen LogP contribution in [0.2, 0.25) is 0 Å². The van der Waals surface area contributed by atoms with Gasteiger partial charge in [-0.05, 0) is 30.9 Å². The first-order valence-corrected chi connectivity index (χ1v) is 12.2. The number of nitrogens with two attached hydrogens (primary N) is 4. The Morgan fingerprint density at radius 3 is 2.37 bits per heavy atom. The summed E-state index contributed by atoms with van der Waals surface area (Å²) < 4.78 is 0. The van der Waals surface area contributed by atoms with Crippen molar-refractivity contribution >= 4 is 28.6 Å². The van der Waals surface area contributed by atoms with Crippen molar-refractivity contribution in [1.29, 1.82) is 0 Å². The van der Waals surface area contributed by atoms with E-state index in [0.29, 0.717) is 5.56 Å². The number of carbonyl (C=O) groups excluding carboxylic acids is 3. The number of carbonyl (C=O) groups is 3. The lowest BCUT2D eigenvalue weighted by Crippen LogP contribution is -2.60. The summed E-state index contributed by atoms with van der Waals surface area (Å²) in [4.78, 5) is 45.2. The lowest BCUT2D eigenvalue weighted by molar-refractivity contribution is -0.139. The molecule has 1 aromatic carbocycles. The maximum absolute atomic E-state index is 13.7. The molecular weight excluding hydrogens is 446 g/mol. The van der Waals surface area contributed by atoms with E-state index in [1.165, 1.54) is 11.1 Å². The highest BCUT2D eigenvalue weighted by molar-refractivity contribution is 5.96. The highest BCUT2D eigenvalue weighted by Gasteiger charge is 2.42. The molecule has 3 amide bonds. The van der Waals surface area contributed by atoms with Gasteiger partial charge in [0.1, 0.15) is 11.6 Å². The third-order valence-corrected chi connectivity index (χ3v) is 6.81. The van der Waals surface area contributed by atoms with E-state index in [-0.39, 0.29) is 44.4 Å². The Morgan fingerprint density at radius 1 is 1.09 bits per heavy atom. The highest BCUT2D eigenvalue weighted by Crippen LogP contribution is 2.29. The SMILES string of the molecule is NCCN(CCN)C(=O)C[C@@](N)(C(=O)NC(C(N)=O)C1CCCCC1)c1cnc2ccccc2c1. The third-order valence-electron chi connectivity index (χ3n) is 6.81. The van der Waals surface area contributed by atoms with Crippen LogP contribution in [0, 0.1) is 5.92 Å². The number of benzene rings is 1. The molecule has 1 aliphatic rings. The van der Waals surface area contributed by atoms with E-state index in [1.54, 1.807) is 6.07 Å². The second-order valence-electron chi connectivity index (χ2n) is 9.27. The van der Waals surface area contributed by atoms with Gasteiger partial charge in [-0.2, -0.15) is 0 Å². The molecule has 0 bridgehead atoms. The Labute approximate surface area is 205 Å². The average Bonchev–Trinajstić information content (AvgIpc) is 2.86. The van der Waals surface area contributed by atoms with Gasteiger partial charge >= 0.3 is 0 Å². The van der Waals surface area contributed by atoms with E-state index in [1.807, 2.05) is 24.3 Å². The minimum atomic E-state index is -1.78. The second kappa shape index (κ2) is 12.1. The first-order valence-electron chi connectivity index (χ1n) is 12.2. The quantitative estimate of drug-likeness (QED) is 0.299. The van der Waals surface area contributed by atoms with Crippen LogP contribution in [0.3, 0.4) is 0 Å². The van der Waals surface area contributed by atoms with Crippen LogP contribution in [0.25, 0.3) is 10.9 Å². The average molecular weight is 484 g/mol. The molecule has 1 unspecified atom stereocenters. The topological polar surface area (TPSA) is 183 Å². The van der Waals surface area contributed by atoms with Crippen LogP contribution in [0.15, 0.2) is 36.5 Å². The number of amides is 3. The molecule has 35 heavy (non-hydrogen) atoms. The van der Waals surface area contributed by atoms with Crippen molar-refractivity contribution in [3.05, 3.63) is 42.1 Å². The lowest BCUT2D eigenvalue weighted by Gasteiger charge is -2.34. The molecule has 2 atom stereocenters. The summed E-state index contributed by atoms with van der Waals surface area (Å²) in [6.07, 6.45) is 5.79. The van der Waals surface area contributed by atoms with Crippen molar-refractivity contribution in [2.24, 2.45) is 28.9 Å². The monoisotopic (exact) mass is 483 g/mol. The van der Waals surface area contributed by atoms with Gasteiger partial charge in [-0.3, -0.25) is 19.4 Å². The normalized spacial score (nSPS) is 16.9. The van der Waals surface area contributed by atoms with Gasteiger partial charge in [0.15, 0.2) is 0 Å². The Hall–Kier alpha value is -3.08. The fourth-order valence-corrected chi connectivity index (χ4v) is 4.81. The van der Waals surface area contributed by atoms with Crippen LogP contribution in [-0.4, -0.2) is 59.8 Å². The van der Waals surface area contributed by atoms with Gasteiger partial charge in [0.2, 0.25) is 17.7 Å². The number of hydrogen-bond donors (Lipinski definition) is 5. The van der Waals surface area contributed by atoms with E-state index in [4.69, 9.17) is 22.9 Å². The molecule has 1 aromatic heterocycles. The Balaban J connectivity index is 1.97. The predicted octanol–water partition coefficient (Wildman–Crippen LogP) is 0.0753. The maximum Gasteiger partial charge on any atom is 0.245 e. The zero-order valence-corrected chi connectivity index (χ0v) is 20.1. The summed E-state index contributed by atoms with van der Waals surface area (Å²) >= 11 is 0. The zero-order valence-electron chi connectivity index (χ0n) is 20.1. The van der Waals surface area contributed by atoms with Gasteiger partial charge in [0, 0.05) is 43.3 Å². The minimum Gasteiger partial charge on any atom is -0.368 e. The standard InChI is InChI=1S/C25H37N7O3/c26-10-12-32(13-11-27)21(33)15-25(29,19-14-18-8-4-5-9-20(18)30-16-19)24(35)31-22(23(28)34)17-6-2-1-3-7-17/h4-5,8-9,14,16-17,22H,1-3,6-7,10-13,15,26-27,29H2,(H2,28,34)(H,31,35)/t22?,25-/m0/s1. The molecule has 0 spiro atoms. The van der Waals surface area contributed by atoms with Crippen molar-refractivity contribution in [2.75, 3.05) is 26.2 Å². The van der Waals surface area contributed by atoms with E-state index in [0.717, 1.165) is 43.0 Å². The number of para-hydroxylation sites is 1. The summed E-state index contributed by atoms with van der Waals surface area (Å²) in [5.74, 6) is -1.67. The molecule has 3 rings (SSSR count). The minimum absolute atomic E-state index is 0.0640. The van der Waals surface area contributed by atoms with Crippen molar-refractivity contribution in [1.82, 2.24) is 15.2 Å². The molecule has 1 fully saturated rings. The van der Waals surface area contributed by atoms with Crippen molar-refractivity contribution in [3.63, 3.8) is 0 Å². The van der Waals surface area contributed by atoms with Crippen molar-refractivity contribution < 1.29 is 14.4 Å². The molecule has 0 aliphatic heterocycles. The van der Waals surface area contributed by atoms with Gasteiger partial charge in [-0.1, -0.05) is 37.5 Å². The molecule has 1 saturated carbocycles. The van der Waals surface area contributed by atoms with Crippen LogP contribution < -0.4 is 28.3 Å². The lowest BCUT2D eigenvalue weighted by atomic mass is 9.82. The molecule has 1 heterocycles. The number of fused-ring (bicyclic) bond motifs is 1. The number of rotatable bonds is 11. The fraction of sp³-hybridized carbons (Fsp3) is 0.520. The van der Waals surface area contributed by atoms with E-state index in [2.05, 4.69) is 10.3 Å². The zero-order chi connectivity index (χ0) is 25.4. The van der Waals surface area contributed by atoms with Crippen LogP contribution in [-0.2, 0) is 19.9 Å². The first-order chi connectivity index (χ1) is 16.8. The highest BCUT2D eigenvalue weighted by atomic mass is 16.2. The van der Waals surface area contributed by atoms with Gasteiger partial charge in [-0.25, -0.2) is 0 Å². The number of pyridine rings is 1. The summed E-state index contributed by atoms with van der Waals surface area (Å²) in [7, 11) is 0.